The normalized spacial score (nSPS) is 16.0. The summed E-state index contributed by atoms with van der Waals surface area (Å²) in [5.74, 6) is -97.8. The first-order valence-corrected chi connectivity index (χ1v) is 13.6. The van der Waals surface area contributed by atoms with E-state index in [1.165, 1.54) is 0 Å². The predicted octanol–water partition coefficient (Wildman–Crippen LogP) is 11.8. The molecule has 0 aromatic carbocycles. The highest BCUT2D eigenvalue weighted by molar-refractivity contribution is 5.19. The molecular weight excluding hydrogens is 779 g/mol. The summed E-state index contributed by atoms with van der Waals surface area (Å²) in [7, 11) is 0. The zero-order valence-corrected chi connectivity index (χ0v) is 24.4. The summed E-state index contributed by atoms with van der Waals surface area (Å²) in [6.07, 6.45) is -9.42. The van der Waals surface area contributed by atoms with Crippen molar-refractivity contribution in [3.8, 4) is 0 Å². The summed E-state index contributed by atoms with van der Waals surface area (Å²) < 4.78 is 338. The van der Waals surface area contributed by atoms with E-state index >= 15 is 0 Å². The summed E-state index contributed by atoms with van der Waals surface area (Å²) in [5.41, 5.74) is 0. The highest BCUT2D eigenvalue weighted by Gasteiger charge is 2.99. The molecule has 0 aliphatic rings. The summed E-state index contributed by atoms with van der Waals surface area (Å²) in [5, 5.41) is 8.61. The van der Waals surface area contributed by atoms with Gasteiger partial charge in [-0.2, -0.15) is 110 Å². The third kappa shape index (κ3) is 7.64. The van der Waals surface area contributed by atoms with Crippen molar-refractivity contribution < 1.29 is 115 Å². The maximum absolute atomic E-state index is 14.0. The van der Waals surface area contributed by atoms with Gasteiger partial charge in [-0.1, -0.05) is 51.4 Å². The van der Waals surface area contributed by atoms with Gasteiger partial charge in [0.1, 0.15) is 0 Å². The van der Waals surface area contributed by atoms with Crippen LogP contribution in [0.25, 0.3) is 0 Å². The lowest BCUT2D eigenvalue weighted by molar-refractivity contribution is -0.482. The lowest BCUT2D eigenvalue weighted by Crippen LogP contribution is -2.78. The van der Waals surface area contributed by atoms with Gasteiger partial charge in [-0.15, -0.1) is 0 Å². The number of hydrogen-bond donors (Lipinski definition) is 1. The van der Waals surface area contributed by atoms with E-state index in [1.54, 1.807) is 0 Å². The van der Waals surface area contributed by atoms with E-state index in [-0.39, 0.29) is 19.4 Å². The Morgan fingerprint density at radius 3 is 0.680 bits per heavy atom. The van der Waals surface area contributed by atoms with Crippen LogP contribution in [-0.4, -0.2) is 83.0 Å². The van der Waals surface area contributed by atoms with E-state index in [1.807, 2.05) is 0 Å². The first-order valence-electron chi connectivity index (χ1n) is 13.6. The van der Waals surface area contributed by atoms with Crippen molar-refractivity contribution in [3.63, 3.8) is 0 Å². The molecule has 0 saturated heterocycles. The Kier molecular flexibility index (Phi) is 14.4. The highest BCUT2D eigenvalue weighted by Crippen LogP contribution is 2.68. The van der Waals surface area contributed by atoms with E-state index in [4.69, 9.17) is 5.11 Å². The van der Waals surface area contributed by atoms with Crippen LogP contribution in [0.3, 0.4) is 0 Å². The number of rotatable bonds is 22. The van der Waals surface area contributed by atoms with E-state index in [2.05, 4.69) is 0 Å². The van der Waals surface area contributed by atoms with Gasteiger partial charge in [0.15, 0.2) is 0 Å². The molecule has 302 valence electrons. The van der Waals surface area contributed by atoms with Gasteiger partial charge in [-0.25, -0.2) is 0 Å². The van der Waals surface area contributed by atoms with Gasteiger partial charge < -0.3 is 5.11 Å². The Balaban J connectivity index is 6.38. The zero-order chi connectivity index (χ0) is 40.5. The fourth-order valence-electron chi connectivity index (χ4n) is 4.02. The maximum Gasteiger partial charge on any atom is 0.460 e. The fraction of sp³-hybridized carbons (Fsp3) is 1.00. The molecule has 0 atom stereocenters. The molecule has 0 spiro atoms. The van der Waals surface area contributed by atoms with Crippen LogP contribution >= 0.6 is 0 Å². The predicted molar refractivity (Wildman–Crippen MR) is 118 cm³/mol. The van der Waals surface area contributed by atoms with Crippen molar-refractivity contribution in [2.75, 3.05) is 6.61 Å². The second kappa shape index (κ2) is 14.9. The Morgan fingerprint density at radius 2 is 0.440 bits per heavy atom. The molecule has 0 rings (SSSR count). The van der Waals surface area contributed by atoms with Crippen LogP contribution in [0.2, 0.25) is 0 Å². The van der Waals surface area contributed by atoms with E-state index in [0.29, 0.717) is 38.5 Å². The minimum absolute atomic E-state index is 0.0784. The minimum Gasteiger partial charge on any atom is -0.396 e. The third-order valence-electron chi connectivity index (χ3n) is 7.26. The molecule has 0 aromatic rings. The van der Waals surface area contributed by atoms with Crippen LogP contribution in [0.4, 0.5) is 110 Å². The van der Waals surface area contributed by atoms with Crippen LogP contribution in [0.1, 0.15) is 70.6 Å². The number of alkyl halides is 25. The second-order valence-corrected chi connectivity index (χ2v) is 11.0. The Bertz CT molecular complexity index is 1080. The van der Waals surface area contributed by atoms with Gasteiger partial charge in [0, 0.05) is 13.0 Å². The molecule has 0 fully saturated rings. The van der Waals surface area contributed by atoms with E-state index < -0.39 is 90.6 Å². The third-order valence-corrected chi connectivity index (χ3v) is 7.26. The lowest BCUT2D eigenvalue weighted by atomic mass is 9.84. The first kappa shape index (κ1) is 48.2. The van der Waals surface area contributed by atoms with Crippen LogP contribution in [-0.2, 0) is 0 Å². The number of hydrogen-bond acceptors (Lipinski definition) is 1. The number of halogens is 25. The molecule has 1 nitrogen and oxygen atoms in total. The summed E-state index contributed by atoms with van der Waals surface area (Å²) in [4.78, 5) is 0. The molecule has 0 aliphatic carbocycles. The molecule has 26 heteroatoms. The SMILES string of the molecule is OCCCCCCCCCCCCC(F)(F)C(F)(F)C(F)(F)C(F)(F)C(F)(F)C(F)(F)C(F)(F)C(F)(F)C(F)(F)C(F)(F)C(F)(F)C(F)(F)F. The van der Waals surface area contributed by atoms with Crippen molar-refractivity contribution in [3.05, 3.63) is 0 Å². The van der Waals surface area contributed by atoms with E-state index in [0.717, 1.165) is 0 Å². The molecule has 0 heterocycles. The Labute approximate surface area is 264 Å². The van der Waals surface area contributed by atoms with Crippen molar-refractivity contribution in [1.82, 2.24) is 0 Å². The zero-order valence-electron chi connectivity index (χ0n) is 24.4. The lowest BCUT2D eigenvalue weighted by Gasteiger charge is -2.45. The van der Waals surface area contributed by atoms with Gasteiger partial charge in [0.05, 0.1) is 0 Å². The maximum atomic E-state index is 14.0. The molecule has 1 N–H and O–H groups in total. The van der Waals surface area contributed by atoms with Crippen molar-refractivity contribution in [1.29, 1.82) is 0 Å². The quantitative estimate of drug-likeness (QED) is 0.0854. The van der Waals surface area contributed by atoms with Gasteiger partial charge in [0.2, 0.25) is 0 Å². The van der Waals surface area contributed by atoms with Crippen LogP contribution in [0.5, 0.6) is 0 Å². The Hall–Kier alpha value is -1.79. The monoisotopic (exact) mass is 804 g/mol. The van der Waals surface area contributed by atoms with Crippen LogP contribution in [0, 0.1) is 0 Å². The van der Waals surface area contributed by atoms with E-state index in [9.17, 15) is 110 Å². The van der Waals surface area contributed by atoms with Gasteiger partial charge in [0.25, 0.3) is 0 Å². The first-order chi connectivity index (χ1) is 21.8. The molecule has 0 aromatic heterocycles. The topological polar surface area (TPSA) is 20.2 Å². The summed E-state index contributed by atoms with van der Waals surface area (Å²) in [6, 6.07) is 0. The fourth-order valence-corrected chi connectivity index (χ4v) is 4.02. The average Bonchev–Trinajstić information content (AvgIpc) is 2.94. The van der Waals surface area contributed by atoms with Crippen LogP contribution < -0.4 is 0 Å². The average molecular weight is 804 g/mol. The highest BCUT2D eigenvalue weighted by atomic mass is 19.4. The van der Waals surface area contributed by atoms with Gasteiger partial charge in [-0.3, -0.25) is 0 Å². The van der Waals surface area contributed by atoms with Crippen molar-refractivity contribution in [2.45, 2.75) is 142 Å². The number of unbranched alkanes of at least 4 members (excludes halogenated alkanes) is 9. The Morgan fingerprint density at radius 1 is 0.240 bits per heavy atom. The number of aliphatic hydroxyl groups excluding tert-OH is 1. The van der Waals surface area contributed by atoms with Crippen molar-refractivity contribution >= 4 is 0 Å². The summed E-state index contributed by atoms with van der Waals surface area (Å²) in [6.45, 7) is -0.0784. The minimum atomic E-state index is -9.57. The van der Waals surface area contributed by atoms with Gasteiger partial charge >= 0.3 is 71.3 Å². The molecule has 0 unspecified atom stereocenters. The summed E-state index contributed by atoms with van der Waals surface area (Å²) >= 11 is 0. The smallest absolute Gasteiger partial charge is 0.396 e. The standard InChI is InChI=1S/C24H25F25O/c25-13(26,11-9-7-5-3-1-2-4-6-8-10-12-50)14(27,28)15(29,30)16(31,32)17(33,34)18(35,36)19(37,38)20(39,40)21(41,42)22(43,44)23(45,46)24(47,48)49/h50H,1-12H2. The molecule has 0 aliphatic heterocycles. The molecule has 0 saturated carbocycles. The molecular formula is C24H25F25O. The van der Waals surface area contributed by atoms with Crippen LogP contribution in [0.15, 0.2) is 0 Å². The number of aliphatic hydroxyl groups is 1. The molecule has 50 heavy (non-hydrogen) atoms. The molecule has 0 radical (unpaired) electrons. The second-order valence-electron chi connectivity index (χ2n) is 11.0. The molecule has 0 bridgehead atoms. The van der Waals surface area contributed by atoms with Gasteiger partial charge in [-0.05, 0) is 12.8 Å². The largest absolute Gasteiger partial charge is 0.460 e. The van der Waals surface area contributed by atoms with Crippen molar-refractivity contribution in [2.24, 2.45) is 0 Å². The molecule has 0 amide bonds.